The van der Waals surface area contributed by atoms with Gasteiger partial charge in [-0.3, -0.25) is 4.79 Å². The van der Waals surface area contributed by atoms with E-state index in [1.54, 1.807) is 18.2 Å². The van der Waals surface area contributed by atoms with Gasteiger partial charge in [0, 0.05) is 18.7 Å². The Morgan fingerprint density at radius 2 is 1.87 bits per heavy atom. The zero-order valence-electron chi connectivity index (χ0n) is 13.4. The molecular formula is C17H19N5O. The Bertz CT molecular complexity index is 840. The van der Waals surface area contributed by atoms with Gasteiger partial charge in [0.05, 0.1) is 11.4 Å². The number of amides is 1. The van der Waals surface area contributed by atoms with Crippen LogP contribution in [0.4, 0.5) is 11.4 Å². The standard InChI is InChI=1S/C17H19N5O/c1-11(2)22(3)16-7-5-4-6-14(16)18-17(23)12-8-9-13-15(10-12)20-21-19-13/h4-11H,1-3H3,(H,18,23)(H,19,20,21). The molecular weight excluding hydrogens is 290 g/mol. The van der Waals surface area contributed by atoms with E-state index in [-0.39, 0.29) is 5.91 Å². The molecule has 0 radical (unpaired) electrons. The number of rotatable bonds is 4. The third kappa shape index (κ3) is 3.01. The number of para-hydroxylation sites is 2. The van der Waals surface area contributed by atoms with E-state index in [9.17, 15) is 4.79 Å². The maximum Gasteiger partial charge on any atom is 0.255 e. The number of hydrogen-bond acceptors (Lipinski definition) is 4. The molecule has 0 atom stereocenters. The number of carbonyl (C=O) groups is 1. The highest BCUT2D eigenvalue weighted by Gasteiger charge is 2.14. The molecule has 2 N–H and O–H groups in total. The third-order valence-electron chi connectivity index (χ3n) is 3.89. The minimum atomic E-state index is -0.167. The molecule has 1 heterocycles. The molecule has 2 aromatic carbocycles. The van der Waals surface area contributed by atoms with Gasteiger partial charge >= 0.3 is 0 Å². The minimum absolute atomic E-state index is 0.167. The topological polar surface area (TPSA) is 73.9 Å². The van der Waals surface area contributed by atoms with Gasteiger partial charge in [-0.15, -0.1) is 0 Å². The first-order valence-corrected chi connectivity index (χ1v) is 7.50. The molecule has 0 fully saturated rings. The average Bonchev–Trinajstić information content (AvgIpc) is 3.02. The number of hydrogen-bond donors (Lipinski definition) is 2. The number of anilines is 2. The van der Waals surface area contributed by atoms with Crippen molar-refractivity contribution < 1.29 is 4.79 Å². The van der Waals surface area contributed by atoms with Crippen molar-refractivity contribution >= 4 is 28.3 Å². The normalized spacial score (nSPS) is 11.0. The van der Waals surface area contributed by atoms with Crippen molar-refractivity contribution in [3.8, 4) is 0 Å². The number of H-pyrrole nitrogens is 1. The molecule has 0 aliphatic heterocycles. The molecule has 0 unspecified atom stereocenters. The maximum absolute atomic E-state index is 12.5. The van der Waals surface area contributed by atoms with E-state index in [1.165, 1.54) is 0 Å². The number of nitrogens with zero attached hydrogens (tertiary/aromatic N) is 3. The smallest absolute Gasteiger partial charge is 0.255 e. The fourth-order valence-electron chi connectivity index (χ4n) is 2.34. The summed E-state index contributed by atoms with van der Waals surface area (Å²) in [7, 11) is 2.01. The number of aromatic amines is 1. The van der Waals surface area contributed by atoms with Crippen LogP contribution in [-0.4, -0.2) is 34.4 Å². The fraction of sp³-hybridized carbons (Fsp3) is 0.235. The molecule has 0 saturated carbocycles. The summed E-state index contributed by atoms with van der Waals surface area (Å²) in [5.74, 6) is -0.167. The zero-order valence-corrected chi connectivity index (χ0v) is 13.4. The lowest BCUT2D eigenvalue weighted by molar-refractivity contribution is 0.102. The van der Waals surface area contributed by atoms with E-state index in [0.717, 1.165) is 16.9 Å². The van der Waals surface area contributed by atoms with Crippen LogP contribution in [0.1, 0.15) is 24.2 Å². The second-order valence-electron chi connectivity index (χ2n) is 5.70. The molecule has 3 rings (SSSR count). The lowest BCUT2D eigenvalue weighted by atomic mass is 10.1. The van der Waals surface area contributed by atoms with Gasteiger partial charge in [0.1, 0.15) is 11.0 Å². The molecule has 0 bridgehead atoms. The Labute approximate surface area is 134 Å². The van der Waals surface area contributed by atoms with Crippen molar-refractivity contribution in [1.29, 1.82) is 0 Å². The molecule has 1 aromatic heterocycles. The summed E-state index contributed by atoms with van der Waals surface area (Å²) in [5, 5.41) is 13.5. The maximum atomic E-state index is 12.5. The molecule has 0 aliphatic rings. The van der Waals surface area contributed by atoms with Gasteiger partial charge in [-0.05, 0) is 44.2 Å². The highest BCUT2D eigenvalue weighted by atomic mass is 16.1. The highest BCUT2D eigenvalue weighted by Crippen LogP contribution is 2.26. The largest absolute Gasteiger partial charge is 0.370 e. The van der Waals surface area contributed by atoms with Crippen LogP contribution >= 0.6 is 0 Å². The van der Waals surface area contributed by atoms with Crippen LogP contribution in [0.25, 0.3) is 11.0 Å². The lowest BCUT2D eigenvalue weighted by Crippen LogP contribution is -2.27. The molecule has 6 nitrogen and oxygen atoms in total. The van der Waals surface area contributed by atoms with Crippen LogP contribution < -0.4 is 10.2 Å². The monoisotopic (exact) mass is 309 g/mol. The number of benzene rings is 2. The second-order valence-corrected chi connectivity index (χ2v) is 5.70. The van der Waals surface area contributed by atoms with Crippen molar-refractivity contribution in [2.45, 2.75) is 19.9 Å². The average molecular weight is 309 g/mol. The second kappa shape index (κ2) is 6.08. The Kier molecular flexibility index (Phi) is 3.97. The van der Waals surface area contributed by atoms with Crippen LogP contribution in [-0.2, 0) is 0 Å². The van der Waals surface area contributed by atoms with Crippen LogP contribution in [0.3, 0.4) is 0 Å². The van der Waals surface area contributed by atoms with Crippen LogP contribution in [0.15, 0.2) is 42.5 Å². The van der Waals surface area contributed by atoms with Crippen molar-refractivity contribution in [3.05, 3.63) is 48.0 Å². The molecule has 1 amide bonds. The molecule has 23 heavy (non-hydrogen) atoms. The van der Waals surface area contributed by atoms with Crippen LogP contribution in [0, 0.1) is 0 Å². The summed E-state index contributed by atoms with van der Waals surface area (Å²) < 4.78 is 0. The number of carbonyl (C=O) groups excluding carboxylic acids is 1. The minimum Gasteiger partial charge on any atom is -0.370 e. The van der Waals surface area contributed by atoms with Crippen molar-refractivity contribution in [2.75, 3.05) is 17.3 Å². The van der Waals surface area contributed by atoms with Gasteiger partial charge in [0.25, 0.3) is 5.91 Å². The van der Waals surface area contributed by atoms with Crippen LogP contribution in [0.5, 0.6) is 0 Å². The first-order valence-electron chi connectivity index (χ1n) is 7.50. The lowest BCUT2D eigenvalue weighted by Gasteiger charge is -2.26. The van der Waals surface area contributed by atoms with E-state index in [1.807, 2.05) is 31.3 Å². The predicted molar refractivity (Wildman–Crippen MR) is 91.8 cm³/mol. The van der Waals surface area contributed by atoms with Crippen molar-refractivity contribution in [1.82, 2.24) is 15.4 Å². The fourth-order valence-corrected chi connectivity index (χ4v) is 2.34. The van der Waals surface area contributed by atoms with Gasteiger partial charge in [-0.1, -0.05) is 12.1 Å². The predicted octanol–water partition coefficient (Wildman–Crippen LogP) is 3.05. The summed E-state index contributed by atoms with van der Waals surface area (Å²) in [4.78, 5) is 14.7. The molecule has 0 saturated heterocycles. The summed E-state index contributed by atoms with van der Waals surface area (Å²) in [5.41, 5.74) is 3.73. The SMILES string of the molecule is CC(C)N(C)c1ccccc1NC(=O)c1ccc2n[nH]nc2c1. The first-order chi connectivity index (χ1) is 11.1. The Morgan fingerprint density at radius 1 is 1.13 bits per heavy atom. The third-order valence-corrected chi connectivity index (χ3v) is 3.89. The van der Waals surface area contributed by atoms with Gasteiger partial charge in [0.15, 0.2) is 0 Å². The van der Waals surface area contributed by atoms with Crippen molar-refractivity contribution in [2.24, 2.45) is 0 Å². The molecule has 118 valence electrons. The highest BCUT2D eigenvalue weighted by molar-refractivity contribution is 6.07. The summed E-state index contributed by atoms with van der Waals surface area (Å²) >= 11 is 0. The van der Waals surface area contributed by atoms with E-state index in [0.29, 0.717) is 17.1 Å². The number of nitrogens with one attached hydrogen (secondary N) is 2. The Balaban J connectivity index is 1.88. The number of aromatic nitrogens is 3. The first kappa shape index (κ1) is 15.0. The van der Waals surface area contributed by atoms with Gasteiger partial charge in [-0.2, -0.15) is 15.4 Å². The number of fused-ring (bicyclic) bond motifs is 1. The quantitative estimate of drug-likeness (QED) is 0.777. The molecule has 0 aliphatic carbocycles. The molecule has 0 spiro atoms. The van der Waals surface area contributed by atoms with E-state index < -0.39 is 0 Å². The summed E-state index contributed by atoms with van der Waals surface area (Å²) in [6, 6.07) is 13.4. The van der Waals surface area contributed by atoms with E-state index >= 15 is 0 Å². The van der Waals surface area contributed by atoms with Crippen molar-refractivity contribution in [3.63, 3.8) is 0 Å². The summed E-state index contributed by atoms with van der Waals surface area (Å²) in [6.07, 6.45) is 0. The van der Waals surface area contributed by atoms with E-state index in [4.69, 9.17) is 0 Å². The van der Waals surface area contributed by atoms with Gasteiger partial charge < -0.3 is 10.2 Å². The molecule has 6 heteroatoms. The Hall–Kier alpha value is -2.89. The van der Waals surface area contributed by atoms with E-state index in [2.05, 4.69) is 39.5 Å². The summed E-state index contributed by atoms with van der Waals surface area (Å²) in [6.45, 7) is 4.22. The Morgan fingerprint density at radius 3 is 2.65 bits per heavy atom. The molecule has 3 aromatic rings. The van der Waals surface area contributed by atoms with Gasteiger partial charge in [0.2, 0.25) is 0 Å². The van der Waals surface area contributed by atoms with Gasteiger partial charge in [-0.25, -0.2) is 0 Å². The van der Waals surface area contributed by atoms with Crippen LogP contribution in [0.2, 0.25) is 0 Å². The zero-order chi connectivity index (χ0) is 16.4.